The molecule has 0 unspecified atom stereocenters. The smallest absolute Gasteiger partial charge is 0.306 e. The predicted molar refractivity (Wildman–Crippen MR) is 121 cm³/mol. The molecule has 1 aromatic heterocycles. The molecule has 0 aliphatic heterocycles. The van der Waals surface area contributed by atoms with Crippen LogP contribution in [-0.4, -0.2) is 53.2 Å². The van der Waals surface area contributed by atoms with E-state index in [9.17, 15) is 9.59 Å². The van der Waals surface area contributed by atoms with Crippen LogP contribution in [-0.2, 0) is 27.4 Å². The number of aromatic nitrogens is 1. The number of carbonyl (C=O) groups excluding carboxylic acids is 2. The summed E-state index contributed by atoms with van der Waals surface area (Å²) < 4.78 is 7.59. The molecule has 7 nitrogen and oxygen atoms in total. The van der Waals surface area contributed by atoms with Crippen molar-refractivity contribution in [3.63, 3.8) is 0 Å². The summed E-state index contributed by atoms with van der Waals surface area (Å²) in [6, 6.07) is 8.14. The second-order valence-electron chi connectivity index (χ2n) is 8.86. The highest BCUT2D eigenvalue weighted by molar-refractivity contribution is 5.95. The topological polar surface area (TPSA) is 66.8 Å². The van der Waals surface area contributed by atoms with Crippen molar-refractivity contribution in [2.24, 2.45) is 0 Å². The third kappa shape index (κ3) is 6.85. The number of fused-ring (bicyclic) bond motifs is 1. The van der Waals surface area contributed by atoms with E-state index in [1.54, 1.807) is 0 Å². The molecule has 2 aromatic rings. The van der Waals surface area contributed by atoms with Crippen LogP contribution in [0.15, 0.2) is 24.3 Å². The van der Waals surface area contributed by atoms with E-state index in [0.717, 1.165) is 36.1 Å². The Hall–Kier alpha value is -2.38. The van der Waals surface area contributed by atoms with Crippen LogP contribution >= 0.6 is 0 Å². The van der Waals surface area contributed by atoms with Crippen molar-refractivity contribution >= 4 is 28.5 Å². The van der Waals surface area contributed by atoms with E-state index in [0.29, 0.717) is 0 Å². The lowest BCUT2D eigenvalue weighted by Gasteiger charge is -2.24. The third-order valence-electron chi connectivity index (χ3n) is 4.77. The number of rotatable bonds is 9. The van der Waals surface area contributed by atoms with E-state index in [4.69, 9.17) is 4.74 Å². The Morgan fingerprint density at radius 3 is 2.40 bits per heavy atom. The number of ether oxygens (including phenoxy) is 1. The van der Waals surface area contributed by atoms with Gasteiger partial charge in [-0.05, 0) is 51.5 Å². The van der Waals surface area contributed by atoms with Crippen molar-refractivity contribution in [1.82, 2.24) is 14.6 Å². The SMILES string of the molecule is CCCn1c(CN(C)N(C)C)cc2cc(NC(=O)CCC(=O)OC(C)(C)C)ccc21. The zero-order valence-electron chi connectivity index (χ0n) is 19.4. The number of hydrazine groups is 1. The second kappa shape index (κ2) is 10.1. The van der Waals surface area contributed by atoms with Crippen LogP contribution in [0, 0.1) is 0 Å². The van der Waals surface area contributed by atoms with Crippen molar-refractivity contribution in [3.05, 3.63) is 30.0 Å². The average molecular weight is 417 g/mol. The average Bonchev–Trinajstić information content (AvgIpc) is 2.95. The van der Waals surface area contributed by atoms with Crippen LogP contribution in [0.4, 0.5) is 5.69 Å². The Morgan fingerprint density at radius 1 is 1.10 bits per heavy atom. The van der Waals surface area contributed by atoms with Gasteiger partial charge in [0.2, 0.25) is 5.91 Å². The number of hydrogen-bond donors (Lipinski definition) is 1. The Kier molecular flexibility index (Phi) is 8.03. The van der Waals surface area contributed by atoms with Crippen molar-refractivity contribution in [1.29, 1.82) is 0 Å². The van der Waals surface area contributed by atoms with Crippen LogP contribution in [0.5, 0.6) is 0 Å². The summed E-state index contributed by atoms with van der Waals surface area (Å²) in [7, 11) is 6.11. The Labute approximate surface area is 179 Å². The largest absolute Gasteiger partial charge is 0.460 e. The van der Waals surface area contributed by atoms with E-state index < -0.39 is 5.60 Å². The van der Waals surface area contributed by atoms with Gasteiger partial charge >= 0.3 is 5.97 Å². The summed E-state index contributed by atoms with van der Waals surface area (Å²) in [5.74, 6) is -0.555. The molecule has 0 saturated heterocycles. The van der Waals surface area contributed by atoms with Gasteiger partial charge in [0.05, 0.1) is 13.0 Å². The minimum Gasteiger partial charge on any atom is -0.460 e. The molecule has 1 aromatic carbocycles. The number of carbonyl (C=O) groups is 2. The van der Waals surface area contributed by atoms with Gasteiger partial charge < -0.3 is 14.6 Å². The van der Waals surface area contributed by atoms with E-state index >= 15 is 0 Å². The van der Waals surface area contributed by atoms with Crippen LogP contribution in [0.3, 0.4) is 0 Å². The lowest BCUT2D eigenvalue weighted by Crippen LogP contribution is -2.33. The molecule has 1 amide bonds. The molecule has 0 bridgehead atoms. The maximum atomic E-state index is 12.3. The zero-order chi connectivity index (χ0) is 22.5. The Bertz CT molecular complexity index is 880. The highest BCUT2D eigenvalue weighted by atomic mass is 16.6. The van der Waals surface area contributed by atoms with E-state index in [1.807, 2.05) is 53.1 Å². The number of hydrogen-bond acceptors (Lipinski definition) is 5. The minimum absolute atomic E-state index is 0.0687. The van der Waals surface area contributed by atoms with Crippen LogP contribution in [0.25, 0.3) is 10.9 Å². The van der Waals surface area contributed by atoms with Gasteiger partial charge in [0.25, 0.3) is 0 Å². The maximum absolute atomic E-state index is 12.3. The van der Waals surface area contributed by atoms with Gasteiger partial charge in [-0.15, -0.1) is 0 Å². The lowest BCUT2D eigenvalue weighted by molar-refractivity contribution is -0.155. The molecule has 30 heavy (non-hydrogen) atoms. The second-order valence-corrected chi connectivity index (χ2v) is 8.86. The molecule has 0 radical (unpaired) electrons. The summed E-state index contributed by atoms with van der Waals surface area (Å²) >= 11 is 0. The third-order valence-corrected chi connectivity index (χ3v) is 4.77. The zero-order valence-corrected chi connectivity index (χ0v) is 19.4. The number of esters is 1. The molecule has 0 spiro atoms. The maximum Gasteiger partial charge on any atom is 0.306 e. The minimum atomic E-state index is -0.539. The summed E-state index contributed by atoms with van der Waals surface area (Å²) in [5, 5.41) is 8.20. The molecule has 1 N–H and O–H groups in total. The summed E-state index contributed by atoms with van der Waals surface area (Å²) in [6.07, 6.45) is 1.22. The number of nitrogens with one attached hydrogen (secondary N) is 1. The first kappa shape index (κ1) is 23.9. The van der Waals surface area contributed by atoms with Crippen molar-refractivity contribution in [2.75, 3.05) is 26.5 Å². The van der Waals surface area contributed by atoms with E-state index in [-0.39, 0.29) is 24.7 Å². The Morgan fingerprint density at radius 2 is 1.80 bits per heavy atom. The molecule has 2 rings (SSSR count). The number of anilines is 1. The van der Waals surface area contributed by atoms with Gasteiger partial charge in [-0.25, -0.2) is 10.0 Å². The van der Waals surface area contributed by atoms with Crippen LogP contribution in [0.2, 0.25) is 0 Å². The molecular weight excluding hydrogens is 380 g/mol. The van der Waals surface area contributed by atoms with Gasteiger partial charge in [-0.2, -0.15) is 0 Å². The number of aryl methyl sites for hydroxylation is 1. The molecular formula is C23H36N4O3. The molecule has 7 heteroatoms. The van der Waals surface area contributed by atoms with Crippen LogP contribution in [0.1, 0.15) is 52.7 Å². The van der Waals surface area contributed by atoms with Gasteiger partial charge in [0.15, 0.2) is 0 Å². The van der Waals surface area contributed by atoms with E-state index in [1.165, 1.54) is 5.69 Å². The predicted octanol–water partition coefficient (Wildman–Crippen LogP) is 4.02. The Balaban J connectivity index is 2.10. The van der Waals surface area contributed by atoms with Gasteiger partial charge in [0, 0.05) is 56.4 Å². The highest BCUT2D eigenvalue weighted by Crippen LogP contribution is 2.25. The first-order chi connectivity index (χ1) is 14.0. The lowest BCUT2D eigenvalue weighted by atomic mass is 10.2. The quantitative estimate of drug-likeness (QED) is 0.494. The van der Waals surface area contributed by atoms with Crippen molar-refractivity contribution in [3.8, 4) is 0 Å². The summed E-state index contributed by atoms with van der Waals surface area (Å²) in [6.45, 7) is 9.37. The normalized spacial score (nSPS) is 12.0. The first-order valence-corrected chi connectivity index (χ1v) is 10.5. The summed E-state index contributed by atoms with van der Waals surface area (Å²) in [4.78, 5) is 24.1. The van der Waals surface area contributed by atoms with Gasteiger partial charge in [-0.1, -0.05) is 6.92 Å². The molecule has 1 heterocycles. The summed E-state index contributed by atoms with van der Waals surface area (Å²) in [5.41, 5.74) is 2.59. The van der Waals surface area contributed by atoms with Crippen molar-refractivity contribution in [2.45, 2.75) is 65.6 Å². The number of amides is 1. The van der Waals surface area contributed by atoms with Gasteiger partial charge in [-0.3, -0.25) is 9.59 Å². The molecule has 0 aliphatic carbocycles. The van der Waals surface area contributed by atoms with E-state index in [2.05, 4.69) is 39.9 Å². The molecule has 0 saturated carbocycles. The molecule has 0 atom stereocenters. The fourth-order valence-corrected chi connectivity index (χ4v) is 3.23. The van der Waals surface area contributed by atoms with Gasteiger partial charge in [0.1, 0.15) is 5.60 Å². The fraction of sp³-hybridized carbons (Fsp3) is 0.565. The molecule has 0 aliphatic rings. The fourth-order valence-electron chi connectivity index (χ4n) is 3.23. The van der Waals surface area contributed by atoms with Crippen molar-refractivity contribution < 1.29 is 14.3 Å². The number of benzene rings is 1. The van der Waals surface area contributed by atoms with Crippen LogP contribution < -0.4 is 5.32 Å². The monoisotopic (exact) mass is 416 g/mol. The number of nitrogens with zero attached hydrogens (tertiary/aromatic N) is 3. The molecule has 166 valence electrons. The highest BCUT2D eigenvalue weighted by Gasteiger charge is 2.17. The molecule has 0 fully saturated rings. The standard InChI is InChI=1S/C23H36N4O3/c1-8-13-27-19(16-26(7)25(5)6)15-17-14-18(9-10-20(17)27)24-21(28)11-12-22(29)30-23(2,3)4/h9-10,14-15H,8,11-13,16H2,1-7H3,(H,24,28). The first-order valence-electron chi connectivity index (χ1n) is 10.5.